The van der Waals surface area contributed by atoms with Crippen LogP contribution in [0.2, 0.25) is 0 Å². The van der Waals surface area contributed by atoms with Gasteiger partial charge in [-0.05, 0) is 98.3 Å². The van der Waals surface area contributed by atoms with E-state index in [1.807, 2.05) is 68.4 Å². The lowest BCUT2D eigenvalue weighted by atomic mass is 10.0. The molecule has 0 unspecified atom stereocenters. The Hall–Kier alpha value is -4.90. The van der Waals surface area contributed by atoms with Crippen molar-refractivity contribution in [1.82, 2.24) is 40.4 Å². The van der Waals surface area contributed by atoms with Crippen LogP contribution in [-0.2, 0) is 13.1 Å². The number of pyridine rings is 2. The van der Waals surface area contributed by atoms with E-state index in [0.29, 0.717) is 17.3 Å². The number of aryl methyl sites for hydroxylation is 2. The highest BCUT2D eigenvalue weighted by Crippen LogP contribution is 2.31. The molecule has 0 radical (unpaired) electrons. The zero-order valence-corrected chi connectivity index (χ0v) is 38.2. The molecule has 0 aliphatic carbocycles. The normalized spacial score (nSPS) is 14.8. The molecule has 4 aromatic carbocycles. The highest BCUT2D eigenvalue weighted by molar-refractivity contribution is 15.0. The molecule has 3 aromatic heterocycles. The first-order chi connectivity index (χ1) is 29.8. The van der Waals surface area contributed by atoms with Crippen molar-refractivity contribution in [2.45, 2.75) is 72.3 Å². The number of likely N-dealkylation sites (tertiary alicyclic amines) is 2. The summed E-state index contributed by atoms with van der Waals surface area (Å²) in [6, 6.07) is 31.2. The zero-order valence-electron chi connectivity index (χ0n) is 33.9. The van der Waals surface area contributed by atoms with E-state index < -0.39 is 0 Å². The summed E-state index contributed by atoms with van der Waals surface area (Å²) in [4.78, 5) is 13.7. The van der Waals surface area contributed by atoms with Gasteiger partial charge in [-0.2, -0.15) is 10.5 Å². The lowest BCUT2D eigenvalue weighted by Gasteiger charge is -2.32. The van der Waals surface area contributed by atoms with Crippen molar-refractivity contribution >= 4 is 59.0 Å². The van der Waals surface area contributed by atoms with Crippen LogP contribution in [0, 0.1) is 36.8 Å². The predicted octanol–water partition coefficient (Wildman–Crippen LogP) is 10.9. The van der Waals surface area contributed by atoms with E-state index >= 15 is 0 Å². The molecule has 2 fully saturated rings. The summed E-state index contributed by atoms with van der Waals surface area (Å²) >= 11 is 4.24. The standard InChI is InChI=1S/C23H23FN6O.C23H22FN3O.CH4.I2/c1-15-12-22(20-13-17(24)6-7-21(20)25-15)31-18-8-10-30(11-9-18)14-16-4-2-3-5-19(16)23-26-28-29-27-23;1-16-12-23(21-13-19(24)6-7-22(21)26-16)28-20-8-10-27(11-9-20)15-18-5-3-2-4-17(18)14-25;;1-2/h2-7,12-13,18H,8-11,14H2,1H3,(H,26,27,28,29);2-7,12-13,20H,8-11,15H2,1H3;1H4;. The highest BCUT2D eigenvalue weighted by atomic mass is 128. The van der Waals surface area contributed by atoms with Crippen LogP contribution in [0.25, 0.3) is 33.2 Å². The van der Waals surface area contributed by atoms with Gasteiger partial charge in [-0.3, -0.25) is 19.8 Å². The summed E-state index contributed by atoms with van der Waals surface area (Å²) in [5.41, 5.74) is 7.21. The topological polar surface area (TPSA) is 129 Å². The molecule has 0 spiro atoms. The minimum Gasteiger partial charge on any atom is -0.490 e. The number of ether oxygens (including phenoxy) is 2. The zero-order chi connectivity index (χ0) is 42.7. The second kappa shape index (κ2) is 22.5. The van der Waals surface area contributed by atoms with Gasteiger partial charge in [0.15, 0.2) is 0 Å². The molecule has 0 saturated carbocycles. The van der Waals surface area contributed by atoms with Crippen LogP contribution in [0.4, 0.5) is 8.78 Å². The van der Waals surface area contributed by atoms with Gasteiger partial charge in [0.05, 0.1) is 22.7 Å². The number of hydrogen-bond donors (Lipinski definition) is 1. The summed E-state index contributed by atoms with van der Waals surface area (Å²) in [5, 5.41) is 25.1. The maximum absolute atomic E-state index is 13.8. The molecular formula is C47H49F2I2N9O2. The third kappa shape index (κ3) is 12.0. The van der Waals surface area contributed by atoms with E-state index in [1.165, 1.54) is 29.8 Å². The van der Waals surface area contributed by atoms with Crippen molar-refractivity contribution in [2.24, 2.45) is 0 Å². The average Bonchev–Trinajstić information content (AvgIpc) is 3.82. The average molecular weight is 1060 g/mol. The Kier molecular flexibility index (Phi) is 16.9. The molecule has 0 bridgehead atoms. The smallest absolute Gasteiger partial charge is 0.204 e. The lowest BCUT2D eigenvalue weighted by molar-refractivity contribution is 0.0978. The predicted molar refractivity (Wildman–Crippen MR) is 256 cm³/mol. The number of benzene rings is 4. The third-order valence-electron chi connectivity index (χ3n) is 10.9. The number of fused-ring (bicyclic) bond motifs is 2. The van der Waals surface area contributed by atoms with Crippen LogP contribution in [0.1, 0.15) is 61.2 Å². The quantitative estimate of drug-likeness (QED) is 0.140. The maximum Gasteiger partial charge on any atom is 0.204 e. The Balaban J connectivity index is 0.000000197. The van der Waals surface area contributed by atoms with E-state index in [-0.39, 0.29) is 31.3 Å². The number of nitriles is 1. The molecule has 1 N–H and O–H groups in total. The molecule has 9 rings (SSSR count). The second-order valence-corrected chi connectivity index (χ2v) is 15.2. The number of aromatic amines is 1. The maximum atomic E-state index is 13.8. The molecule has 5 heterocycles. The Morgan fingerprint density at radius 1 is 0.694 bits per heavy atom. The van der Waals surface area contributed by atoms with Gasteiger partial charge in [-0.1, -0.05) is 49.9 Å². The molecule has 7 aromatic rings. The van der Waals surface area contributed by atoms with Crippen LogP contribution in [0.15, 0.2) is 97.1 Å². The van der Waals surface area contributed by atoms with Crippen LogP contribution in [0.3, 0.4) is 0 Å². The van der Waals surface area contributed by atoms with E-state index in [0.717, 1.165) is 115 Å². The van der Waals surface area contributed by atoms with Gasteiger partial charge in [0.1, 0.15) is 35.3 Å². The Bertz CT molecular complexity index is 2590. The van der Waals surface area contributed by atoms with E-state index in [9.17, 15) is 14.0 Å². The molecule has 2 saturated heterocycles. The number of tetrazole rings is 1. The first kappa shape index (κ1) is 46.6. The van der Waals surface area contributed by atoms with Crippen molar-refractivity contribution in [3.05, 3.63) is 137 Å². The number of nitrogens with one attached hydrogen (secondary N) is 1. The van der Waals surface area contributed by atoms with Gasteiger partial charge in [0.25, 0.3) is 0 Å². The molecule has 11 nitrogen and oxygen atoms in total. The number of nitrogens with zero attached hydrogens (tertiary/aromatic N) is 8. The van der Waals surface area contributed by atoms with Gasteiger partial charge in [-0.15, -0.1) is 10.2 Å². The fourth-order valence-electron chi connectivity index (χ4n) is 7.91. The van der Waals surface area contributed by atoms with Crippen molar-refractivity contribution in [2.75, 3.05) is 26.2 Å². The summed E-state index contributed by atoms with van der Waals surface area (Å²) in [5.74, 6) is 1.46. The summed E-state index contributed by atoms with van der Waals surface area (Å²) in [6.45, 7) is 9.09. The van der Waals surface area contributed by atoms with Gasteiger partial charge in [-0.25, -0.2) is 8.78 Å². The van der Waals surface area contributed by atoms with Crippen molar-refractivity contribution in [3.63, 3.8) is 0 Å². The molecule has 62 heavy (non-hydrogen) atoms. The van der Waals surface area contributed by atoms with Crippen molar-refractivity contribution < 1.29 is 18.3 Å². The fourth-order valence-corrected chi connectivity index (χ4v) is 7.91. The van der Waals surface area contributed by atoms with Gasteiger partial charge in [0, 0.05) is 116 Å². The molecule has 15 heteroatoms. The highest BCUT2D eigenvalue weighted by Gasteiger charge is 2.24. The Morgan fingerprint density at radius 3 is 1.68 bits per heavy atom. The van der Waals surface area contributed by atoms with Gasteiger partial charge >= 0.3 is 0 Å². The molecule has 2 aliphatic rings. The van der Waals surface area contributed by atoms with Crippen molar-refractivity contribution in [3.8, 4) is 29.0 Å². The van der Waals surface area contributed by atoms with Gasteiger partial charge < -0.3 is 9.47 Å². The van der Waals surface area contributed by atoms with Crippen LogP contribution in [0.5, 0.6) is 11.5 Å². The summed E-state index contributed by atoms with van der Waals surface area (Å²) in [7, 11) is 0. The lowest BCUT2D eigenvalue weighted by Crippen LogP contribution is -2.38. The Morgan fingerprint density at radius 2 is 1.18 bits per heavy atom. The van der Waals surface area contributed by atoms with E-state index in [2.05, 4.69) is 89.8 Å². The van der Waals surface area contributed by atoms with Crippen LogP contribution in [-0.4, -0.2) is 78.8 Å². The van der Waals surface area contributed by atoms with Crippen LogP contribution >= 0.6 is 37.2 Å². The summed E-state index contributed by atoms with van der Waals surface area (Å²) < 4.78 is 40.1. The minimum absolute atomic E-state index is 0. The second-order valence-electron chi connectivity index (χ2n) is 15.2. The first-order valence-corrected chi connectivity index (χ1v) is 26.4. The summed E-state index contributed by atoms with van der Waals surface area (Å²) in [6.07, 6.45) is 3.79. The molecule has 0 atom stereocenters. The first-order valence-electron chi connectivity index (χ1n) is 20.1. The van der Waals surface area contributed by atoms with Crippen LogP contribution < -0.4 is 9.47 Å². The van der Waals surface area contributed by atoms with E-state index in [1.54, 1.807) is 12.1 Å². The number of piperidine rings is 2. The number of halogens is 4. The number of aromatic nitrogens is 6. The Labute approximate surface area is 384 Å². The van der Waals surface area contributed by atoms with Crippen molar-refractivity contribution in [1.29, 1.82) is 5.26 Å². The fraction of sp³-hybridized carbons (Fsp3) is 0.319. The molecular weight excluding hydrogens is 1010 g/mol. The SMILES string of the molecule is C.Cc1cc(OC2CCN(Cc3ccccc3-c3nn[nH]n3)CC2)c2cc(F)ccc2n1.Cc1cc(OC2CCN(Cc3ccccc3C#N)CC2)c2cc(F)ccc2n1.II. The number of hydrogen-bond acceptors (Lipinski definition) is 10. The van der Waals surface area contributed by atoms with E-state index in [4.69, 9.17) is 9.47 Å². The molecule has 0 amide bonds. The number of rotatable bonds is 9. The number of H-pyrrole nitrogens is 1. The molecule has 322 valence electrons. The third-order valence-corrected chi connectivity index (χ3v) is 10.9. The minimum atomic E-state index is -0.283. The van der Waals surface area contributed by atoms with Gasteiger partial charge in [0.2, 0.25) is 5.82 Å². The largest absolute Gasteiger partial charge is 0.490 e. The molecule has 2 aliphatic heterocycles. The monoisotopic (exact) mass is 1060 g/mol.